The van der Waals surface area contributed by atoms with Gasteiger partial charge in [0, 0.05) is 11.8 Å². The van der Waals surface area contributed by atoms with Crippen LogP contribution in [0.15, 0.2) is 48.5 Å². The number of rotatable bonds is 2. The lowest BCUT2D eigenvalue weighted by Crippen LogP contribution is -2.50. The van der Waals surface area contributed by atoms with Crippen LogP contribution in [0.25, 0.3) is 0 Å². The van der Waals surface area contributed by atoms with E-state index in [1.54, 1.807) is 0 Å². The summed E-state index contributed by atoms with van der Waals surface area (Å²) in [6, 6.07) is 15.9. The summed E-state index contributed by atoms with van der Waals surface area (Å²) >= 11 is 0. The van der Waals surface area contributed by atoms with Crippen LogP contribution in [0.2, 0.25) is 0 Å². The van der Waals surface area contributed by atoms with Gasteiger partial charge in [0.25, 0.3) is 0 Å². The maximum atomic E-state index is 12.1. The molecule has 0 heterocycles. The Bertz CT molecular complexity index is 686. The fourth-order valence-corrected chi connectivity index (χ4v) is 4.36. The Kier molecular flexibility index (Phi) is 2.64. The molecule has 2 amide bonds. The summed E-state index contributed by atoms with van der Waals surface area (Å²) in [7, 11) is 0. The molecule has 3 aliphatic carbocycles. The van der Waals surface area contributed by atoms with Gasteiger partial charge in [0.1, 0.15) is 0 Å². The molecule has 0 saturated heterocycles. The maximum absolute atomic E-state index is 12.1. The van der Waals surface area contributed by atoms with Crippen molar-refractivity contribution in [2.75, 3.05) is 0 Å². The quantitative estimate of drug-likeness (QED) is 0.878. The molecule has 0 saturated carbocycles. The van der Waals surface area contributed by atoms with Gasteiger partial charge in [0.05, 0.1) is 11.8 Å². The molecule has 5 rings (SSSR count). The van der Waals surface area contributed by atoms with Gasteiger partial charge in [-0.2, -0.15) is 0 Å². The van der Waals surface area contributed by atoms with Crippen LogP contribution < -0.4 is 11.5 Å². The zero-order valence-electron chi connectivity index (χ0n) is 11.9. The summed E-state index contributed by atoms with van der Waals surface area (Å²) in [5.41, 5.74) is 15.7. The van der Waals surface area contributed by atoms with Gasteiger partial charge in [-0.1, -0.05) is 48.5 Å². The number of carbonyl (C=O) groups excluding carboxylic acids is 2. The molecular formula is C18H16N2O2. The van der Waals surface area contributed by atoms with Crippen molar-refractivity contribution in [2.24, 2.45) is 23.3 Å². The normalized spacial score (nSPS) is 27.8. The van der Waals surface area contributed by atoms with E-state index in [4.69, 9.17) is 11.5 Å². The zero-order valence-corrected chi connectivity index (χ0v) is 11.9. The molecular weight excluding hydrogens is 276 g/mol. The van der Waals surface area contributed by atoms with Crippen LogP contribution in [0.1, 0.15) is 34.1 Å². The van der Waals surface area contributed by atoms with E-state index in [2.05, 4.69) is 0 Å². The van der Waals surface area contributed by atoms with Gasteiger partial charge in [0.15, 0.2) is 0 Å². The van der Waals surface area contributed by atoms with Crippen molar-refractivity contribution in [3.05, 3.63) is 70.8 Å². The summed E-state index contributed by atoms with van der Waals surface area (Å²) in [5.74, 6) is -2.44. The van der Waals surface area contributed by atoms with E-state index in [9.17, 15) is 9.59 Å². The van der Waals surface area contributed by atoms with Crippen molar-refractivity contribution in [3.8, 4) is 0 Å². The van der Waals surface area contributed by atoms with Crippen molar-refractivity contribution in [3.63, 3.8) is 0 Å². The van der Waals surface area contributed by atoms with E-state index >= 15 is 0 Å². The van der Waals surface area contributed by atoms with Crippen LogP contribution >= 0.6 is 0 Å². The first kappa shape index (κ1) is 13.1. The number of benzene rings is 2. The summed E-state index contributed by atoms with van der Waals surface area (Å²) in [6.07, 6.45) is 0. The fraction of sp³-hybridized carbons (Fsp3) is 0.222. The molecule has 0 unspecified atom stereocenters. The van der Waals surface area contributed by atoms with Crippen molar-refractivity contribution in [2.45, 2.75) is 11.8 Å². The molecule has 2 aromatic carbocycles. The van der Waals surface area contributed by atoms with Crippen LogP contribution in [-0.2, 0) is 9.59 Å². The first-order valence-corrected chi connectivity index (χ1v) is 7.37. The minimum absolute atomic E-state index is 0.188. The average molecular weight is 292 g/mol. The summed E-state index contributed by atoms with van der Waals surface area (Å²) < 4.78 is 0. The van der Waals surface area contributed by atoms with Crippen LogP contribution in [0.4, 0.5) is 0 Å². The number of amides is 2. The van der Waals surface area contributed by atoms with Crippen LogP contribution in [0.3, 0.4) is 0 Å². The summed E-state index contributed by atoms with van der Waals surface area (Å²) in [4.78, 5) is 24.2. The van der Waals surface area contributed by atoms with Crippen LogP contribution in [0, 0.1) is 11.8 Å². The molecule has 3 aliphatic rings. The number of primary amides is 2. The van der Waals surface area contributed by atoms with Gasteiger partial charge < -0.3 is 11.5 Å². The Morgan fingerprint density at radius 2 is 0.909 bits per heavy atom. The lowest BCUT2D eigenvalue weighted by atomic mass is 9.54. The molecule has 4 nitrogen and oxygen atoms in total. The molecule has 2 bridgehead atoms. The summed E-state index contributed by atoms with van der Waals surface area (Å²) in [5, 5.41) is 0. The van der Waals surface area contributed by atoms with Crippen molar-refractivity contribution >= 4 is 11.8 Å². The highest BCUT2D eigenvalue weighted by molar-refractivity contribution is 5.91. The number of hydrogen-bond acceptors (Lipinski definition) is 2. The van der Waals surface area contributed by atoms with Gasteiger partial charge in [-0.3, -0.25) is 9.59 Å². The zero-order chi connectivity index (χ0) is 15.4. The van der Waals surface area contributed by atoms with E-state index in [1.807, 2.05) is 48.5 Å². The molecule has 0 fully saturated rings. The predicted molar refractivity (Wildman–Crippen MR) is 81.9 cm³/mol. The maximum Gasteiger partial charge on any atom is 0.222 e. The lowest BCUT2D eigenvalue weighted by Gasteiger charge is -2.48. The third-order valence-electron chi connectivity index (χ3n) is 5.09. The van der Waals surface area contributed by atoms with Gasteiger partial charge in [0.2, 0.25) is 11.8 Å². The molecule has 0 radical (unpaired) electrons. The van der Waals surface area contributed by atoms with Crippen LogP contribution in [0.5, 0.6) is 0 Å². The van der Waals surface area contributed by atoms with Crippen molar-refractivity contribution in [1.82, 2.24) is 0 Å². The molecule has 4 heteroatoms. The van der Waals surface area contributed by atoms with Gasteiger partial charge >= 0.3 is 0 Å². The Morgan fingerprint density at radius 1 is 0.636 bits per heavy atom. The predicted octanol–water partition coefficient (Wildman–Crippen LogP) is 1.48. The number of fused-ring (bicyclic) bond motifs is 1. The molecule has 2 aromatic rings. The van der Waals surface area contributed by atoms with E-state index in [0.717, 1.165) is 22.3 Å². The highest BCUT2D eigenvalue weighted by Crippen LogP contribution is 2.57. The number of hydrogen-bond donors (Lipinski definition) is 2. The molecule has 4 N–H and O–H groups in total. The van der Waals surface area contributed by atoms with E-state index in [0.29, 0.717) is 0 Å². The lowest BCUT2D eigenvalue weighted by molar-refractivity contribution is -0.133. The van der Waals surface area contributed by atoms with E-state index in [1.165, 1.54) is 0 Å². The monoisotopic (exact) mass is 292 g/mol. The van der Waals surface area contributed by atoms with E-state index in [-0.39, 0.29) is 11.8 Å². The number of carbonyl (C=O) groups is 2. The van der Waals surface area contributed by atoms with Gasteiger partial charge in [-0.05, 0) is 22.3 Å². The third kappa shape index (κ3) is 1.52. The Morgan fingerprint density at radius 3 is 1.14 bits per heavy atom. The molecule has 0 aromatic heterocycles. The van der Waals surface area contributed by atoms with Gasteiger partial charge in [-0.15, -0.1) is 0 Å². The Balaban J connectivity index is 2.06. The largest absolute Gasteiger partial charge is 0.369 e. The minimum atomic E-state index is -0.577. The second-order valence-corrected chi connectivity index (χ2v) is 6.07. The van der Waals surface area contributed by atoms with Gasteiger partial charge in [-0.25, -0.2) is 0 Å². The average Bonchev–Trinajstić information content (AvgIpc) is 2.53. The Labute approximate surface area is 128 Å². The SMILES string of the molecule is NC(=O)[C@@H]1C2c3ccccc3C(c3ccccc32)[C@H]1C(N)=O. The molecule has 110 valence electrons. The molecule has 0 spiro atoms. The molecule has 22 heavy (non-hydrogen) atoms. The van der Waals surface area contributed by atoms with E-state index < -0.39 is 23.7 Å². The minimum Gasteiger partial charge on any atom is -0.369 e. The first-order chi connectivity index (χ1) is 10.6. The second kappa shape index (κ2) is 4.44. The van der Waals surface area contributed by atoms with Crippen LogP contribution in [-0.4, -0.2) is 11.8 Å². The standard InChI is InChI=1S/C18H16N2O2/c19-17(21)15-13-9-5-1-2-6-10(9)14(16(15)18(20)22)12-8-4-3-7-11(12)13/h1-8,13-16H,(H2,19,21)(H2,20,22)/t13?,14?,15-,16-/m1/s1. The fourth-order valence-electron chi connectivity index (χ4n) is 4.36. The highest BCUT2D eigenvalue weighted by Gasteiger charge is 2.53. The smallest absolute Gasteiger partial charge is 0.222 e. The topological polar surface area (TPSA) is 86.2 Å². The molecule has 0 aliphatic heterocycles. The summed E-state index contributed by atoms with van der Waals surface area (Å²) in [6.45, 7) is 0. The Hall–Kier alpha value is -2.62. The highest BCUT2D eigenvalue weighted by atomic mass is 16.2. The molecule has 2 atom stereocenters. The van der Waals surface area contributed by atoms with Crippen molar-refractivity contribution < 1.29 is 9.59 Å². The van der Waals surface area contributed by atoms with Crippen molar-refractivity contribution in [1.29, 1.82) is 0 Å². The third-order valence-corrected chi connectivity index (χ3v) is 5.09. The second-order valence-electron chi connectivity index (χ2n) is 6.07. The number of nitrogens with two attached hydrogens (primary N) is 2. The first-order valence-electron chi connectivity index (χ1n) is 7.37.